The molecule has 3 rings (SSSR count). The number of furan rings is 1. The molecule has 1 aliphatic carbocycles. The lowest BCUT2D eigenvalue weighted by Gasteiger charge is -2.24. The lowest BCUT2D eigenvalue weighted by molar-refractivity contribution is -0.141. The predicted octanol–water partition coefficient (Wildman–Crippen LogP) is 3.51. The quantitative estimate of drug-likeness (QED) is 0.712. The summed E-state index contributed by atoms with van der Waals surface area (Å²) in [6, 6.07) is 4.31. The van der Waals surface area contributed by atoms with Gasteiger partial charge in [0.2, 0.25) is 5.91 Å². The van der Waals surface area contributed by atoms with Crippen LogP contribution < -0.4 is 0 Å². The second kappa shape index (κ2) is 7.94. The number of carbonyl (C=O) groups is 2. The third kappa shape index (κ3) is 4.09. The van der Waals surface area contributed by atoms with E-state index in [1.165, 1.54) is 24.7 Å². The molecule has 0 unspecified atom stereocenters. The molecule has 1 heterocycles. The highest BCUT2D eigenvalue weighted by Gasteiger charge is 2.20. The van der Waals surface area contributed by atoms with Gasteiger partial charge in [-0.3, -0.25) is 9.59 Å². The Bertz CT molecular complexity index is 806. The number of methoxy groups -OCH3 is 1. The van der Waals surface area contributed by atoms with Crippen molar-refractivity contribution in [1.29, 1.82) is 0 Å². The van der Waals surface area contributed by atoms with Crippen LogP contribution in [0, 0.1) is 5.92 Å². The first-order chi connectivity index (χ1) is 12.5. The van der Waals surface area contributed by atoms with Crippen molar-refractivity contribution in [2.24, 2.45) is 5.92 Å². The van der Waals surface area contributed by atoms with E-state index in [-0.39, 0.29) is 18.3 Å². The molecular formula is C21H27NO4. The number of esters is 1. The van der Waals surface area contributed by atoms with Gasteiger partial charge in [0.15, 0.2) is 0 Å². The molecular weight excluding hydrogens is 330 g/mol. The Hall–Kier alpha value is -2.30. The van der Waals surface area contributed by atoms with Crippen molar-refractivity contribution in [2.75, 3.05) is 20.2 Å². The zero-order chi connectivity index (χ0) is 18.7. The van der Waals surface area contributed by atoms with Gasteiger partial charge in [0.25, 0.3) is 0 Å². The first kappa shape index (κ1) is 18.5. The van der Waals surface area contributed by atoms with Crippen molar-refractivity contribution >= 4 is 22.8 Å². The molecule has 0 spiro atoms. The van der Waals surface area contributed by atoms with Crippen LogP contribution in [0.5, 0.6) is 0 Å². The highest BCUT2D eigenvalue weighted by Crippen LogP contribution is 2.30. The molecule has 0 radical (unpaired) electrons. The monoisotopic (exact) mass is 357 g/mol. The lowest BCUT2D eigenvalue weighted by Crippen LogP contribution is -2.37. The fourth-order valence-corrected chi connectivity index (χ4v) is 3.65. The summed E-state index contributed by atoms with van der Waals surface area (Å²) in [6.07, 6.45) is 5.60. The van der Waals surface area contributed by atoms with Crippen LogP contribution in [0.2, 0.25) is 0 Å². The van der Waals surface area contributed by atoms with Crippen molar-refractivity contribution in [3.8, 4) is 0 Å². The summed E-state index contributed by atoms with van der Waals surface area (Å²) in [7, 11) is 1.37. The SMILES string of the molecule is COC(=O)CCN(CC(C)C)C(=O)Cc1coc2cc3c(cc12)CCC3. The molecule has 0 N–H and O–H groups in total. The Morgan fingerprint density at radius 2 is 1.96 bits per heavy atom. The number of amides is 1. The topological polar surface area (TPSA) is 59.8 Å². The molecule has 0 saturated carbocycles. The van der Waals surface area contributed by atoms with E-state index < -0.39 is 0 Å². The van der Waals surface area contributed by atoms with Gasteiger partial charge < -0.3 is 14.1 Å². The first-order valence-corrected chi connectivity index (χ1v) is 9.34. The molecule has 0 atom stereocenters. The van der Waals surface area contributed by atoms with E-state index in [0.717, 1.165) is 29.4 Å². The van der Waals surface area contributed by atoms with Crippen LogP contribution in [0.15, 0.2) is 22.8 Å². The number of carbonyl (C=O) groups excluding carboxylic acids is 2. The van der Waals surface area contributed by atoms with E-state index in [4.69, 9.17) is 9.15 Å². The number of benzene rings is 1. The molecule has 26 heavy (non-hydrogen) atoms. The summed E-state index contributed by atoms with van der Waals surface area (Å²) in [4.78, 5) is 26.1. The van der Waals surface area contributed by atoms with Crippen molar-refractivity contribution in [3.05, 3.63) is 35.1 Å². The fourth-order valence-electron chi connectivity index (χ4n) is 3.65. The van der Waals surface area contributed by atoms with E-state index in [1.54, 1.807) is 11.2 Å². The Morgan fingerprint density at radius 3 is 2.65 bits per heavy atom. The van der Waals surface area contributed by atoms with Gasteiger partial charge in [0.05, 0.1) is 26.2 Å². The standard InChI is InChI=1S/C21H27NO4/c1-14(2)12-22(8-7-21(24)25-3)20(23)11-17-13-26-19-10-16-6-4-5-15(16)9-18(17)19/h9-10,13-14H,4-8,11-12H2,1-3H3. The summed E-state index contributed by atoms with van der Waals surface area (Å²) in [6.45, 7) is 5.14. The minimum absolute atomic E-state index is 0.0193. The first-order valence-electron chi connectivity index (χ1n) is 9.34. The summed E-state index contributed by atoms with van der Waals surface area (Å²) in [5.41, 5.74) is 4.52. The molecule has 0 saturated heterocycles. The second-order valence-corrected chi connectivity index (χ2v) is 7.47. The highest BCUT2D eigenvalue weighted by atomic mass is 16.5. The maximum Gasteiger partial charge on any atom is 0.307 e. The Balaban J connectivity index is 1.75. The number of nitrogens with zero attached hydrogens (tertiary/aromatic N) is 1. The number of rotatable bonds is 7. The van der Waals surface area contributed by atoms with Gasteiger partial charge in [0, 0.05) is 24.0 Å². The third-order valence-corrected chi connectivity index (χ3v) is 4.96. The maximum atomic E-state index is 12.9. The van der Waals surface area contributed by atoms with Gasteiger partial charge in [0.1, 0.15) is 5.58 Å². The molecule has 1 aromatic heterocycles. The fraction of sp³-hybridized carbons (Fsp3) is 0.524. The molecule has 0 fully saturated rings. The van der Waals surface area contributed by atoms with E-state index >= 15 is 0 Å². The van der Waals surface area contributed by atoms with E-state index in [1.807, 2.05) is 0 Å². The predicted molar refractivity (Wildman–Crippen MR) is 100.0 cm³/mol. The van der Waals surface area contributed by atoms with Crippen LogP contribution in [0.25, 0.3) is 11.0 Å². The lowest BCUT2D eigenvalue weighted by atomic mass is 10.0. The minimum atomic E-state index is -0.295. The zero-order valence-electron chi connectivity index (χ0n) is 15.8. The summed E-state index contributed by atoms with van der Waals surface area (Å²) in [5.74, 6) is 0.0580. The maximum absolute atomic E-state index is 12.9. The summed E-state index contributed by atoms with van der Waals surface area (Å²) >= 11 is 0. The molecule has 1 amide bonds. The summed E-state index contributed by atoms with van der Waals surface area (Å²) < 4.78 is 10.4. The molecule has 1 aliphatic rings. The molecule has 5 heteroatoms. The van der Waals surface area contributed by atoms with Crippen molar-refractivity contribution in [2.45, 2.75) is 46.0 Å². The number of hydrogen-bond acceptors (Lipinski definition) is 4. The van der Waals surface area contributed by atoms with Crippen LogP contribution in [0.3, 0.4) is 0 Å². The summed E-state index contributed by atoms with van der Waals surface area (Å²) in [5, 5.41) is 1.04. The van der Waals surface area contributed by atoms with Crippen LogP contribution >= 0.6 is 0 Å². The Kier molecular flexibility index (Phi) is 5.64. The zero-order valence-corrected chi connectivity index (χ0v) is 15.8. The van der Waals surface area contributed by atoms with Gasteiger partial charge in [-0.1, -0.05) is 13.8 Å². The average molecular weight is 357 g/mol. The Labute approximate surface area is 154 Å². The molecule has 140 valence electrons. The average Bonchev–Trinajstić information content (AvgIpc) is 3.22. The van der Waals surface area contributed by atoms with Crippen molar-refractivity contribution in [1.82, 2.24) is 4.90 Å². The van der Waals surface area contributed by atoms with Crippen molar-refractivity contribution in [3.63, 3.8) is 0 Å². The van der Waals surface area contributed by atoms with E-state index in [0.29, 0.717) is 25.4 Å². The van der Waals surface area contributed by atoms with Gasteiger partial charge in [-0.15, -0.1) is 0 Å². The molecule has 1 aromatic carbocycles. The number of aryl methyl sites for hydroxylation is 2. The third-order valence-electron chi connectivity index (χ3n) is 4.96. The highest BCUT2D eigenvalue weighted by molar-refractivity contribution is 5.89. The van der Waals surface area contributed by atoms with Crippen LogP contribution in [0.1, 0.15) is 43.4 Å². The van der Waals surface area contributed by atoms with Gasteiger partial charge in [-0.25, -0.2) is 0 Å². The van der Waals surface area contributed by atoms with E-state index in [2.05, 4.69) is 26.0 Å². The molecule has 5 nitrogen and oxygen atoms in total. The largest absolute Gasteiger partial charge is 0.469 e. The van der Waals surface area contributed by atoms with Gasteiger partial charge in [-0.2, -0.15) is 0 Å². The van der Waals surface area contributed by atoms with Crippen LogP contribution in [0.4, 0.5) is 0 Å². The van der Waals surface area contributed by atoms with Gasteiger partial charge >= 0.3 is 5.97 Å². The second-order valence-electron chi connectivity index (χ2n) is 7.47. The molecule has 0 aliphatic heterocycles. The Morgan fingerprint density at radius 1 is 1.23 bits per heavy atom. The van der Waals surface area contributed by atoms with Gasteiger partial charge in [-0.05, 0) is 48.4 Å². The minimum Gasteiger partial charge on any atom is -0.469 e. The van der Waals surface area contributed by atoms with Crippen LogP contribution in [-0.2, 0) is 33.6 Å². The normalized spacial score (nSPS) is 13.2. The molecule has 2 aromatic rings. The van der Waals surface area contributed by atoms with E-state index in [9.17, 15) is 9.59 Å². The van der Waals surface area contributed by atoms with Crippen molar-refractivity contribution < 1.29 is 18.7 Å². The van der Waals surface area contributed by atoms with Crippen LogP contribution in [-0.4, -0.2) is 37.0 Å². The molecule has 0 bridgehead atoms. The number of fused-ring (bicyclic) bond motifs is 2. The smallest absolute Gasteiger partial charge is 0.307 e. The number of ether oxygens (including phenoxy) is 1. The number of hydrogen-bond donors (Lipinski definition) is 0.